The third-order valence-corrected chi connectivity index (χ3v) is 6.72. The number of amides is 2. The Morgan fingerprint density at radius 2 is 2.06 bits per heavy atom. The zero-order valence-corrected chi connectivity index (χ0v) is 20.9. The van der Waals surface area contributed by atoms with Gasteiger partial charge in [-0.2, -0.15) is 0 Å². The van der Waals surface area contributed by atoms with Crippen LogP contribution in [0.2, 0.25) is 0 Å². The fraction of sp³-hybridized carbons (Fsp3) is 0.429. The lowest BCUT2D eigenvalue weighted by molar-refractivity contribution is -0.139. The molecule has 3 aromatic rings. The Hall–Kier alpha value is -3.48. The van der Waals surface area contributed by atoms with Gasteiger partial charge in [0, 0.05) is 42.0 Å². The molecule has 1 aliphatic rings. The van der Waals surface area contributed by atoms with Crippen molar-refractivity contribution in [1.29, 1.82) is 0 Å². The van der Waals surface area contributed by atoms with Crippen LogP contribution in [-0.4, -0.2) is 55.0 Å². The Labute approximate surface area is 206 Å². The van der Waals surface area contributed by atoms with E-state index >= 15 is 0 Å². The van der Waals surface area contributed by atoms with Crippen LogP contribution in [0.25, 0.3) is 10.9 Å². The van der Waals surface area contributed by atoms with Crippen LogP contribution in [-0.2, 0) is 22.4 Å². The van der Waals surface area contributed by atoms with E-state index in [1.54, 1.807) is 12.0 Å². The van der Waals surface area contributed by atoms with E-state index in [-0.39, 0.29) is 24.3 Å². The van der Waals surface area contributed by atoms with Crippen LogP contribution in [0.1, 0.15) is 43.5 Å². The number of rotatable bonds is 3. The molecule has 2 heterocycles. The summed E-state index contributed by atoms with van der Waals surface area (Å²) in [6.07, 6.45) is 2.77. The third kappa shape index (κ3) is 5.78. The molecule has 35 heavy (non-hydrogen) atoms. The average molecular weight is 478 g/mol. The lowest BCUT2D eigenvalue weighted by Gasteiger charge is -2.25. The van der Waals surface area contributed by atoms with Crippen molar-refractivity contribution in [3.63, 3.8) is 0 Å². The monoisotopic (exact) mass is 477 g/mol. The topological polar surface area (TPSA) is 83.7 Å². The van der Waals surface area contributed by atoms with Crippen LogP contribution < -0.4 is 14.8 Å². The summed E-state index contributed by atoms with van der Waals surface area (Å²) in [5, 5.41) is 4.19. The number of carbonyl (C=O) groups is 2. The van der Waals surface area contributed by atoms with Crippen molar-refractivity contribution in [2.75, 3.05) is 33.4 Å². The van der Waals surface area contributed by atoms with Crippen molar-refractivity contribution in [2.45, 2.75) is 39.5 Å². The van der Waals surface area contributed by atoms with Crippen LogP contribution in [0.4, 0.5) is 0 Å². The van der Waals surface area contributed by atoms with Gasteiger partial charge in [-0.05, 0) is 48.6 Å². The van der Waals surface area contributed by atoms with Crippen molar-refractivity contribution in [2.24, 2.45) is 5.92 Å². The predicted molar refractivity (Wildman–Crippen MR) is 137 cm³/mol. The zero-order chi connectivity index (χ0) is 24.8. The molecule has 1 aromatic heterocycles. The van der Waals surface area contributed by atoms with Crippen LogP contribution in [0.3, 0.4) is 0 Å². The number of H-pyrrole nitrogens is 1. The summed E-state index contributed by atoms with van der Waals surface area (Å²) < 4.78 is 11.6. The lowest BCUT2D eigenvalue weighted by atomic mass is 10.0. The number of nitrogens with zero attached hydrogens (tertiary/aromatic N) is 1. The Morgan fingerprint density at radius 3 is 2.86 bits per heavy atom. The Kier molecular flexibility index (Phi) is 7.95. The Balaban J connectivity index is 1.66. The molecule has 2 bridgehead atoms. The molecule has 0 spiro atoms. The van der Waals surface area contributed by atoms with Gasteiger partial charge in [-0.3, -0.25) is 9.59 Å². The second-order valence-electron chi connectivity index (χ2n) is 9.16. The molecule has 1 aliphatic heterocycles. The first-order chi connectivity index (χ1) is 17.0. The quantitative estimate of drug-likeness (QED) is 0.595. The van der Waals surface area contributed by atoms with Gasteiger partial charge >= 0.3 is 0 Å². The van der Waals surface area contributed by atoms with E-state index < -0.39 is 0 Å². The average Bonchev–Trinajstić information content (AvgIpc) is 3.21. The highest BCUT2D eigenvalue weighted by atomic mass is 16.5. The number of nitrogens with one attached hydrogen (secondary N) is 2. The summed E-state index contributed by atoms with van der Waals surface area (Å²) in [7, 11) is 1.63. The molecule has 4 rings (SSSR count). The highest BCUT2D eigenvalue weighted by Gasteiger charge is 2.22. The number of hydrogen-bond donors (Lipinski definition) is 2. The molecule has 0 fully saturated rings. The fourth-order valence-corrected chi connectivity index (χ4v) is 4.59. The smallest absolute Gasteiger partial charge is 0.239 e. The molecule has 1 unspecified atom stereocenters. The maximum Gasteiger partial charge on any atom is 0.239 e. The lowest BCUT2D eigenvalue weighted by Crippen LogP contribution is -2.44. The van der Waals surface area contributed by atoms with Gasteiger partial charge in [0.25, 0.3) is 0 Å². The first kappa shape index (κ1) is 24.6. The van der Waals surface area contributed by atoms with Gasteiger partial charge in [0.05, 0.1) is 20.3 Å². The van der Waals surface area contributed by atoms with Gasteiger partial charge in [-0.1, -0.05) is 38.1 Å². The summed E-state index contributed by atoms with van der Waals surface area (Å²) in [4.78, 5) is 30.9. The molecule has 2 aromatic carbocycles. The summed E-state index contributed by atoms with van der Waals surface area (Å²) in [6, 6.07) is 14.3. The molecule has 0 saturated heterocycles. The molecule has 1 atom stereocenters. The number of ether oxygens (including phenoxy) is 2. The molecular formula is C28H35N3O4. The second kappa shape index (κ2) is 11.3. The molecule has 2 amide bonds. The molecule has 0 radical (unpaired) electrons. The van der Waals surface area contributed by atoms with Crippen LogP contribution >= 0.6 is 0 Å². The standard InChI is InChI=1S/C28H35N3O4/c1-4-19(2)28(33)31-14-7-15-35-26-17-20(10-11-25(26)34-3)16-24-22(12-13-29-27(32)18-31)21-8-5-6-9-23(21)30-24/h5-6,8-11,17,19,30H,4,7,12-16,18H2,1-3H3,(H,29,32). The number of para-hydroxylation sites is 1. The Bertz CT molecular complexity index is 1190. The molecule has 7 nitrogen and oxygen atoms in total. The largest absolute Gasteiger partial charge is 0.493 e. The number of hydrogen-bond acceptors (Lipinski definition) is 4. The summed E-state index contributed by atoms with van der Waals surface area (Å²) in [6.45, 7) is 5.35. The first-order valence-electron chi connectivity index (χ1n) is 12.4. The van der Waals surface area contributed by atoms with E-state index in [2.05, 4.69) is 28.5 Å². The molecule has 2 N–H and O–H groups in total. The number of carbonyl (C=O) groups excluding carboxylic acids is 2. The SMILES string of the molecule is CCC(C)C(=O)N1CCCOc2cc(ccc2OC)Cc2[nH]c3ccccc3c2CCNC(=O)C1. The number of aromatic nitrogens is 1. The predicted octanol–water partition coefficient (Wildman–Crippen LogP) is 4.08. The maximum atomic E-state index is 12.9. The first-order valence-corrected chi connectivity index (χ1v) is 12.4. The molecule has 7 heteroatoms. The minimum absolute atomic E-state index is 0.00209. The van der Waals surface area contributed by atoms with Crippen molar-refractivity contribution in [3.05, 3.63) is 59.3 Å². The van der Waals surface area contributed by atoms with Gasteiger partial charge in [0.15, 0.2) is 11.5 Å². The summed E-state index contributed by atoms with van der Waals surface area (Å²) in [5.41, 5.74) is 4.51. The molecule has 186 valence electrons. The van der Waals surface area contributed by atoms with Gasteiger partial charge in [-0.25, -0.2) is 0 Å². The van der Waals surface area contributed by atoms with Crippen molar-refractivity contribution < 1.29 is 19.1 Å². The minimum Gasteiger partial charge on any atom is -0.493 e. The van der Waals surface area contributed by atoms with E-state index in [1.165, 1.54) is 5.56 Å². The van der Waals surface area contributed by atoms with E-state index in [0.29, 0.717) is 44.0 Å². The Morgan fingerprint density at radius 1 is 1.23 bits per heavy atom. The fourth-order valence-electron chi connectivity index (χ4n) is 4.59. The van der Waals surface area contributed by atoms with Crippen molar-refractivity contribution >= 4 is 22.7 Å². The van der Waals surface area contributed by atoms with Crippen LogP contribution in [0.5, 0.6) is 11.5 Å². The van der Waals surface area contributed by atoms with E-state index in [0.717, 1.165) is 35.0 Å². The highest BCUT2D eigenvalue weighted by Crippen LogP contribution is 2.31. The molecule has 0 saturated carbocycles. The number of benzene rings is 2. The number of methoxy groups -OCH3 is 1. The summed E-state index contributed by atoms with van der Waals surface area (Å²) in [5.74, 6) is 1.11. The van der Waals surface area contributed by atoms with E-state index in [1.807, 2.05) is 38.1 Å². The number of aromatic amines is 1. The van der Waals surface area contributed by atoms with Gasteiger partial charge in [0.1, 0.15) is 0 Å². The second-order valence-corrected chi connectivity index (χ2v) is 9.16. The zero-order valence-electron chi connectivity index (χ0n) is 20.9. The number of fused-ring (bicyclic) bond motifs is 5. The molecular weight excluding hydrogens is 442 g/mol. The van der Waals surface area contributed by atoms with E-state index in [9.17, 15) is 9.59 Å². The molecule has 0 aliphatic carbocycles. The highest BCUT2D eigenvalue weighted by molar-refractivity contribution is 5.86. The normalized spacial score (nSPS) is 16.2. The van der Waals surface area contributed by atoms with Crippen molar-refractivity contribution in [1.82, 2.24) is 15.2 Å². The van der Waals surface area contributed by atoms with Gasteiger partial charge < -0.3 is 24.7 Å². The van der Waals surface area contributed by atoms with E-state index in [4.69, 9.17) is 9.47 Å². The van der Waals surface area contributed by atoms with Gasteiger partial charge in [-0.15, -0.1) is 0 Å². The van der Waals surface area contributed by atoms with Crippen molar-refractivity contribution in [3.8, 4) is 11.5 Å². The third-order valence-electron chi connectivity index (χ3n) is 6.72. The summed E-state index contributed by atoms with van der Waals surface area (Å²) >= 11 is 0. The minimum atomic E-state index is -0.136. The maximum absolute atomic E-state index is 12.9. The van der Waals surface area contributed by atoms with Crippen LogP contribution in [0.15, 0.2) is 42.5 Å². The van der Waals surface area contributed by atoms with Crippen LogP contribution in [0, 0.1) is 5.92 Å². The van der Waals surface area contributed by atoms with Gasteiger partial charge in [0.2, 0.25) is 11.8 Å².